The molecule has 1 aromatic heterocycles. The van der Waals surface area contributed by atoms with Crippen LogP contribution in [-0.4, -0.2) is 41.7 Å². The van der Waals surface area contributed by atoms with Gasteiger partial charge in [-0.2, -0.15) is 4.98 Å². The normalized spacial score (nSPS) is 18.6. The summed E-state index contributed by atoms with van der Waals surface area (Å²) in [5.74, 6) is 1.40. The molecule has 0 atom stereocenters. The monoisotopic (exact) mass is 245 g/mol. The lowest BCUT2D eigenvalue weighted by molar-refractivity contribution is 0.216. The molecule has 2 heterocycles. The minimum Gasteiger partial charge on any atom is -0.339 e. The molecule has 0 bridgehead atoms. The summed E-state index contributed by atoms with van der Waals surface area (Å²) in [5.41, 5.74) is 0. The summed E-state index contributed by atoms with van der Waals surface area (Å²) in [4.78, 5) is 4.10. The van der Waals surface area contributed by atoms with E-state index in [0.717, 1.165) is 0 Å². The molecule has 2 rings (SSSR count). The third-order valence-corrected chi connectivity index (χ3v) is 4.61. The molecule has 90 valence electrons. The van der Waals surface area contributed by atoms with E-state index in [9.17, 15) is 8.42 Å². The van der Waals surface area contributed by atoms with Gasteiger partial charge in [-0.1, -0.05) is 12.1 Å². The maximum Gasteiger partial charge on any atom is 0.232 e. The molecule has 0 N–H and O–H groups in total. The number of hydrogen-bond acceptors (Lipinski definition) is 5. The van der Waals surface area contributed by atoms with Crippen molar-refractivity contribution in [2.24, 2.45) is 0 Å². The molecule has 6 nitrogen and oxygen atoms in total. The second-order valence-electron chi connectivity index (χ2n) is 4.01. The molecule has 0 radical (unpaired) electrons. The highest BCUT2D eigenvalue weighted by atomic mass is 32.2. The Morgan fingerprint density at radius 1 is 1.50 bits per heavy atom. The van der Waals surface area contributed by atoms with E-state index in [0.29, 0.717) is 31.2 Å². The standard InChI is InChI=1S/C9H15N3O3S/c1-3-4-16(13,14)12-5-8(6-12)9-10-7(2)11-15-9/h8H,3-6H2,1-2H3. The Hall–Kier alpha value is -0.950. The van der Waals surface area contributed by atoms with Crippen LogP contribution in [0.2, 0.25) is 0 Å². The van der Waals surface area contributed by atoms with Gasteiger partial charge in [0.05, 0.1) is 11.7 Å². The van der Waals surface area contributed by atoms with Crippen LogP contribution in [0, 0.1) is 6.92 Å². The third-order valence-electron chi connectivity index (χ3n) is 2.60. The van der Waals surface area contributed by atoms with Gasteiger partial charge in [-0.05, 0) is 13.3 Å². The fourth-order valence-electron chi connectivity index (χ4n) is 1.69. The van der Waals surface area contributed by atoms with Gasteiger partial charge in [-0.25, -0.2) is 12.7 Å². The van der Waals surface area contributed by atoms with Gasteiger partial charge < -0.3 is 4.52 Å². The lowest BCUT2D eigenvalue weighted by atomic mass is 10.0. The molecule has 1 aliphatic heterocycles. The van der Waals surface area contributed by atoms with E-state index < -0.39 is 10.0 Å². The maximum absolute atomic E-state index is 11.7. The van der Waals surface area contributed by atoms with Crippen molar-refractivity contribution in [2.45, 2.75) is 26.2 Å². The van der Waals surface area contributed by atoms with Crippen LogP contribution in [0.5, 0.6) is 0 Å². The summed E-state index contributed by atoms with van der Waals surface area (Å²) in [7, 11) is -3.06. The van der Waals surface area contributed by atoms with E-state index in [1.54, 1.807) is 6.92 Å². The smallest absolute Gasteiger partial charge is 0.232 e. The average Bonchev–Trinajstić information content (AvgIpc) is 2.48. The third kappa shape index (κ3) is 2.10. The van der Waals surface area contributed by atoms with Crippen LogP contribution >= 0.6 is 0 Å². The zero-order valence-corrected chi connectivity index (χ0v) is 10.2. The van der Waals surface area contributed by atoms with Crippen molar-refractivity contribution in [3.8, 4) is 0 Å². The van der Waals surface area contributed by atoms with Crippen LogP contribution < -0.4 is 0 Å². The summed E-state index contributed by atoms with van der Waals surface area (Å²) in [6.45, 7) is 4.53. The number of hydrogen-bond donors (Lipinski definition) is 0. The molecule has 1 fully saturated rings. The minimum absolute atomic E-state index is 0.0628. The van der Waals surface area contributed by atoms with Gasteiger partial charge in [0, 0.05) is 13.1 Å². The lowest BCUT2D eigenvalue weighted by Gasteiger charge is -2.35. The predicted molar refractivity (Wildman–Crippen MR) is 57.4 cm³/mol. The Morgan fingerprint density at radius 3 is 2.69 bits per heavy atom. The van der Waals surface area contributed by atoms with Crippen LogP contribution in [-0.2, 0) is 10.0 Å². The number of aromatic nitrogens is 2. The lowest BCUT2D eigenvalue weighted by Crippen LogP contribution is -2.49. The molecule has 0 spiro atoms. The quantitative estimate of drug-likeness (QED) is 0.772. The van der Waals surface area contributed by atoms with Crippen LogP contribution in [0.4, 0.5) is 0 Å². The highest BCUT2D eigenvalue weighted by Crippen LogP contribution is 2.28. The molecule has 0 unspecified atom stereocenters. The number of nitrogens with zero attached hydrogens (tertiary/aromatic N) is 3. The second kappa shape index (κ2) is 4.14. The van der Waals surface area contributed by atoms with Crippen molar-refractivity contribution >= 4 is 10.0 Å². The van der Waals surface area contributed by atoms with E-state index in [1.165, 1.54) is 4.31 Å². The molecule has 1 aliphatic rings. The average molecular weight is 245 g/mol. The van der Waals surface area contributed by atoms with E-state index in [1.807, 2.05) is 6.92 Å². The zero-order valence-electron chi connectivity index (χ0n) is 9.38. The summed E-state index contributed by atoms with van der Waals surface area (Å²) in [5, 5.41) is 3.69. The highest BCUT2D eigenvalue weighted by molar-refractivity contribution is 7.89. The Bertz CT molecular complexity index is 462. The Labute approximate surface area is 94.7 Å². The molecule has 1 aromatic rings. The van der Waals surface area contributed by atoms with Gasteiger partial charge in [0.15, 0.2) is 5.82 Å². The van der Waals surface area contributed by atoms with Crippen molar-refractivity contribution in [1.82, 2.24) is 14.4 Å². The molecule has 16 heavy (non-hydrogen) atoms. The van der Waals surface area contributed by atoms with Gasteiger partial charge in [-0.3, -0.25) is 0 Å². The second-order valence-corrected chi connectivity index (χ2v) is 6.10. The van der Waals surface area contributed by atoms with Crippen molar-refractivity contribution in [2.75, 3.05) is 18.8 Å². The molecular formula is C9H15N3O3S. The first kappa shape index (κ1) is 11.5. The van der Waals surface area contributed by atoms with Crippen molar-refractivity contribution in [3.63, 3.8) is 0 Å². The van der Waals surface area contributed by atoms with E-state index >= 15 is 0 Å². The summed E-state index contributed by atoms with van der Waals surface area (Å²) >= 11 is 0. The van der Waals surface area contributed by atoms with Crippen LogP contribution in [0.1, 0.15) is 31.0 Å². The summed E-state index contributed by atoms with van der Waals surface area (Å²) < 4.78 is 29.8. The largest absolute Gasteiger partial charge is 0.339 e. The van der Waals surface area contributed by atoms with Crippen molar-refractivity contribution in [3.05, 3.63) is 11.7 Å². The van der Waals surface area contributed by atoms with Gasteiger partial charge in [0.25, 0.3) is 0 Å². The first-order chi connectivity index (χ1) is 7.53. The Kier molecular flexibility index (Phi) is 2.98. The van der Waals surface area contributed by atoms with Gasteiger partial charge in [-0.15, -0.1) is 0 Å². The fraction of sp³-hybridized carbons (Fsp3) is 0.778. The summed E-state index contributed by atoms with van der Waals surface area (Å²) in [6.07, 6.45) is 0.642. The SMILES string of the molecule is CCCS(=O)(=O)N1CC(c2nc(C)no2)C1. The van der Waals surface area contributed by atoms with Crippen LogP contribution in [0.3, 0.4) is 0 Å². The molecule has 1 saturated heterocycles. The number of rotatable bonds is 4. The highest BCUT2D eigenvalue weighted by Gasteiger charge is 2.38. The van der Waals surface area contributed by atoms with Gasteiger partial charge >= 0.3 is 0 Å². The first-order valence-electron chi connectivity index (χ1n) is 5.31. The topological polar surface area (TPSA) is 76.3 Å². The minimum atomic E-state index is -3.06. The molecule has 0 amide bonds. The van der Waals surface area contributed by atoms with Gasteiger partial charge in [0.1, 0.15) is 0 Å². The number of sulfonamides is 1. The van der Waals surface area contributed by atoms with E-state index in [-0.39, 0.29) is 11.7 Å². The predicted octanol–water partition coefficient (Wildman–Crippen LogP) is 0.517. The Balaban J connectivity index is 1.95. The van der Waals surface area contributed by atoms with Crippen LogP contribution in [0.25, 0.3) is 0 Å². The summed E-state index contributed by atoms with van der Waals surface area (Å²) in [6, 6.07) is 0. The van der Waals surface area contributed by atoms with Gasteiger partial charge in [0.2, 0.25) is 15.9 Å². The van der Waals surface area contributed by atoms with Crippen molar-refractivity contribution < 1.29 is 12.9 Å². The first-order valence-corrected chi connectivity index (χ1v) is 6.92. The van der Waals surface area contributed by atoms with Crippen LogP contribution in [0.15, 0.2) is 4.52 Å². The Morgan fingerprint density at radius 2 is 2.19 bits per heavy atom. The zero-order chi connectivity index (χ0) is 11.8. The van der Waals surface area contributed by atoms with E-state index in [4.69, 9.17) is 4.52 Å². The number of aryl methyl sites for hydroxylation is 1. The van der Waals surface area contributed by atoms with E-state index in [2.05, 4.69) is 10.1 Å². The molecule has 7 heteroatoms. The molecule has 0 aliphatic carbocycles. The molecule has 0 aromatic carbocycles. The van der Waals surface area contributed by atoms with Crippen molar-refractivity contribution in [1.29, 1.82) is 0 Å². The fourth-order valence-corrected chi connectivity index (χ4v) is 3.28. The maximum atomic E-state index is 11.7. The molecule has 0 saturated carbocycles. The molecular weight excluding hydrogens is 230 g/mol.